The molecule has 0 saturated heterocycles. The zero-order valence-electron chi connectivity index (χ0n) is 3.76. The molecule has 0 saturated carbocycles. The lowest BCUT2D eigenvalue weighted by molar-refractivity contribution is 1.86. The zero-order valence-corrected chi connectivity index (χ0v) is 6.35. The monoisotopic (exact) mass is 172 g/mol. The highest BCUT2D eigenvalue weighted by molar-refractivity contribution is 9.23. The molecule has 0 bridgehead atoms. The van der Waals surface area contributed by atoms with Gasteiger partial charge in [0.15, 0.2) is 0 Å². The quantitative estimate of drug-likeness (QED) is 0.415. The molecule has 0 unspecified atom stereocenters. The van der Waals surface area contributed by atoms with Crippen LogP contribution in [0.25, 0.3) is 0 Å². The predicted molar refractivity (Wildman–Crippen MR) is 36.7 cm³/mol. The number of hydrogen-bond acceptors (Lipinski definition) is 0. The van der Waals surface area contributed by atoms with Gasteiger partial charge in [0.2, 0.25) is 0 Å². The summed E-state index contributed by atoms with van der Waals surface area (Å²) in [6, 6.07) is 6.18. The van der Waals surface area contributed by atoms with E-state index in [-0.39, 0.29) is 7.02 Å². The summed E-state index contributed by atoms with van der Waals surface area (Å²) in [6.45, 7) is 0. The third-order valence-electron chi connectivity index (χ3n) is 0.733. The molecule has 1 heterocycles. The highest BCUT2D eigenvalue weighted by Crippen LogP contribution is 1.89. The van der Waals surface area contributed by atoms with Gasteiger partial charge in [-0.3, -0.25) is 0 Å². The summed E-state index contributed by atoms with van der Waals surface area (Å²) in [7, 11) is -0.373. The van der Waals surface area contributed by atoms with Gasteiger partial charge in [-0.25, -0.2) is 0 Å². The van der Waals surface area contributed by atoms with Gasteiger partial charge in [-0.2, -0.15) is 0 Å². The molecule has 1 aromatic heterocycles. The van der Waals surface area contributed by atoms with E-state index in [0.29, 0.717) is 0 Å². The van der Waals surface area contributed by atoms with Gasteiger partial charge < -0.3 is 0 Å². The lowest BCUT2D eigenvalue weighted by Crippen LogP contribution is -1.75. The second kappa shape index (κ2) is 2.38. The molecule has 0 fully saturated rings. The van der Waals surface area contributed by atoms with Crippen molar-refractivity contribution in [3.05, 3.63) is 29.6 Å². The van der Waals surface area contributed by atoms with Crippen molar-refractivity contribution in [1.29, 1.82) is 0 Å². The first-order chi connectivity index (χ1) is 3.39. The molecular weight excluding hydrogens is 168 g/mol. The van der Waals surface area contributed by atoms with E-state index >= 15 is 0 Å². The molecule has 0 nitrogen and oxygen atoms in total. The van der Waals surface area contributed by atoms with Gasteiger partial charge in [-0.1, -0.05) is 44.8 Å². The van der Waals surface area contributed by atoms with Crippen molar-refractivity contribution in [1.82, 2.24) is 0 Å². The Hall–Kier alpha value is 0.0469. The summed E-state index contributed by atoms with van der Waals surface area (Å²) >= 11 is 3.50. The molecule has 1 aromatic rings. The van der Waals surface area contributed by atoms with Gasteiger partial charge >= 0.3 is 0 Å². The molecule has 0 aliphatic carbocycles. The number of rotatable bonds is 0. The minimum Gasteiger partial charge on any atom is -0.0934 e. The fourth-order valence-electron chi connectivity index (χ4n) is 0.415. The molecule has 0 atom stereocenters. The average molecular weight is 173 g/mol. The van der Waals surface area contributed by atoms with Crippen LogP contribution in [0.1, 0.15) is 0 Å². The predicted octanol–water partition coefficient (Wildman–Crippen LogP) is 1.87. The number of hydrogen-bond donors (Lipinski definition) is 0. The van der Waals surface area contributed by atoms with Crippen molar-refractivity contribution in [2.75, 3.05) is 0 Å². The van der Waals surface area contributed by atoms with Crippen LogP contribution in [0, 0.1) is 0 Å². The van der Waals surface area contributed by atoms with E-state index in [1.54, 1.807) is 0 Å². The Labute approximate surface area is 52.3 Å². The van der Waals surface area contributed by atoms with Crippen LogP contribution in [0.15, 0.2) is 29.6 Å². The summed E-state index contributed by atoms with van der Waals surface area (Å²) in [4.78, 5) is 0. The van der Waals surface area contributed by atoms with Crippen molar-refractivity contribution in [3.63, 3.8) is 0 Å². The third kappa shape index (κ3) is 1.53. The average Bonchev–Trinajstić information content (AvgIpc) is 1.69. The summed E-state index contributed by atoms with van der Waals surface area (Å²) in [5.74, 6) is 0. The van der Waals surface area contributed by atoms with Crippen LogP contribution in [0.3, 0.4) is 0 Å². The first-order valence-corrected chi connectivity index (χ1v) is 6.01. The standard InChI is InChI=1S/C5H5BrSi/c6-7-4-2-1-3-5-7/h1-5H. The Morgan fingerprint density at radius 3 is 1.86 bits per heavy atom. The van der Waals surface area contributed by atoms with E-state index in [9.17, 15) is 0 Å². The highest BCUT2D eigenvalue weighted by atomic mass is 79.9. The maximum atomic E-state index is 3.50. The van der Waals surface area contributed by atoms with Crippen molar-refractivity contribution in [2.24, 2.45) is 0 Å². The van der Waals surface area contributed by atoms with Gasteiger partial charge in [0, 0.05) is 0 Å². The highest BCUT2D eigenvalue weighted by Gasteiger charge is 1.76. The maximum Gasteiger partial charge on any atom is 0.121 e. The van der Waals surface area contributed by atoms with Gasteiger partial charge in [0.1, 0.15) is 7.02 Å². The fraction of sp³-hybridized carbons (Fsp3) is 0. The second-order valence-corrected chi connectivity index (χ2v) is 5.48. The molecule has 36 valence electrons. The number of halogens is 1. The molecule has 0 spiro atoms. The van der Waals surface area contributed by atoms with Crippen LogP contribution in [-0.4, -0.2) is 7.02 Å². The molecule has 0 aliphatic rings. The van der Waals surface area contributed by atoms with Gasteiger partial charge in [-0.15, -0.1) is 0 Å². The molecule has 2 heteroatoms. The first-order valence-electron chi connectivity index (χ1n) is 2.10. The largest absolute Gasteiger partial charge is 0.121 e. The summed E-state index contributed by atoms with van der Waals surface area (Å²) < 4.78 is 0. The summed E-state index contributed by atoms with van der Waals surface area (Å²) in [6.07, 6.45) is 0. The van der Waals surface area contributed by atoms with E-state index in [0.717, 1.165) is 0 Å². The van der Waals surface area contributed by atoms with Crippen LogP contribution in [-0.2, 0) is 0 Å². The van der Waals surface area contributed by atoms with Crippen LogP contribution in [0.2, 0.25) is 0 Å². The normalized spacial score (nSPS) is 8.71. The van der Waals surface area contributed by atoms with Crippen molar-refractivity contribution >= 4 is 22.3 Å². The van der Waals surface area contributed by atoms with Crippen LogP contribution < -0.4 is 0 Å². The summed E-state index contributed by atoms with van der Waals surface area (Å²) in [5, 5.41) is 0. The van der Waals surface area contributed by atoms with Crippen molar-refractivity contribution in [3.8, 4) is 0 Å². The minimum atomic E-state index is -0.373. The van der Waals surface area contributed by atoms with Crippen molar-refractivity contribution in [2.45, 2.75) is 0 Å². The van der Waals surface area contributed by atoms with Gasteiger partial charge in [0.25, 0.3) is 0 Å². The zero-order chi connectivity index (χ0) is 5.11. The Morgan fingerprint density at radius 2 is 1.57 bits per heavy atom. The molecule has 0 aliphatic heterocycles. The van der Waals surface area contributed by atoms with E-state index in [2.05, 4.69) is 38.8 Å². The molecule has 0 amide bonds. The minimum absolute atomic E-state index is 0.373. The SMILES string of the molecule is Br[si]1ccccc1. The van der Waals surface area contributed by atoms with E-state index < -0.39 is 0 Å². The Bertz CT molecular complexity index is 138. The lowest BCUT2D eigenvalue weighted by Gasteiger charge is -1.78. The van der Waals surface area contributed by atoms with E-state index in [1.807, 2.05) is 6.07 Å². The second-order valence-electron chi connectivity index (χ2n) is 1.30. The first kappa shape index (κ1) is 5.19. The third-order valence-corrected chi connectivity index (χ3v) is 3.34. The molecule has 0 N–H and O–H groups in total. The van der Waals surface area contributed by atoms with Gasteiger partial charge in [-0.05, 0) is 0 Å². The fourth-order valence-corrected chi connectivity index (χ4v) is 2.03. The Kier molecular flexibility index (Phi) is 1.76. The Morgan fingerprint density at radius 1 is 1.00 bits per heavy atom. The molecular formula is C5H5BrSi. The maximum absolute atomic E-state index is 3.50. The van der Waals surface area contributed by atoms with Crippen LogP contribution >= 0.6 is 15.3 Å². The molecule has 1 rings (SSSR count). The summed E-state index contributed by atoms with van der Waals surface area (Å²) in [5.41, 5.74) is 4.37. The van der Waals surface area contributed by atoms with Gasteiger partial charge in [0.05, 0.1) is 0 Å². The molecule has 7 heavy (non-hydrogen) atoms. The topological polar surface area (TPSA) is 0 Å². The molecule has 0 radical (unpaired) electrons. The van der Waals surface area contributed by atoms with E-state index in [4.69, 9.17) is 0 Å². The smallest absolute Gasteiger partial charge is 0.0934 e. The van der Waals surface area contributed by atoms with E-state index in [1.165, 1.54) is 0 Å². The van der Waals surface area contributed by atoms with Crippen LogP contribution in [0.5, 0.6) is 0 Å². The lowest BCUT2D eigenvalue weighted by atomic mass is 10.6. The van der Waals surface area contributed by atoms with Crippen LogP contribution in [0.4, 0.5) is 0 Å². The Balaban J connectivity index is 3.02. The molecule has 0 aromatic carbocycles. The van der Waals surface area contributed by atoms with Crippen molar-refractivity contribution < 1.29 is 0 Å².